The predicted octanol–water partition coefficient (Wildman–Crippen LogP) is 2.22. The Morgan fingerprint density at radius 3 is 3.08 bits per heavy atom. The number of H-pyrrole nitrogens is 1. The molecule has 0 saturated carbocycles. The zero-order valence-electron chi connectivity index (χ0n) is 6.47. The third-order valence-electron chi connectivity index (χ3n) is 1.71. The van der Waals surface area contributed by atoms with E-state index in [0.29, 0.717) is 10.8 Å². The molecule has 0 saturated heterocycles. The lowest BCUT2D eigenvalue weighted by Gasteiger charge is -2.01. The van der Waals surface area contributed by atoms with Crippen LogP contribution < -0.4 is 4.74 Å². The van der Waals surface area contributed by atoms with Gasteiger partial charge in [0.15, 0.2) is 0 Å². The molecule has 1 heterocycles. The second-order valence-electron chi connectivity index (χ2n) is 2.38. The Morgan fingerprint density at radius 2 is 2.33 bits per heavy atom. The van der Waals surface area contributed by atoms with Gasteiger partial charge in [0.2, 0.25) is 0 Å². The topological polar surface area (TPSA) is 37.9 Å². The maximum absolute atomic E-state index is 5.98. The van der Waals surface area contributed by atoms with Crippen molar-refractivity contribution in [3.05, 3.63) is 23.5 Å². The van der Waals surface area contributed by atoms with Crippen molar-refractivity contribution in [2.24, 2.45) is 0 Å². The highest BCUT2D eigenvalue weighted by molar-refractivity contribution is 6.36. The van der Waals surface area contributed by atoms with Crippen molar-refractivity contribution >= 4 is 22.6 Å². The largest absolute Gasteiger partial charge is 0.495 e. The van der Waals surface area contributed by atoms with Crippen molar-refractivity contribution in [3.63, 3.8) is 0 Å². The minimum absolute atomic E-state index is 0.552. The number of methoxy groups -OCH3 is 1. The summed E-state index contributed by atoms with van der Waals surface area (Å²) in [7, 11) is 1.58. The number of nitrogens with zero attached hydrogens (tertiary/aromatic N) is 1. The van der Waals surface area contributed by atoms with Gasteiger partial charge in [0.25, 0.3) is 0 Å². The van der Waals surface area contributed by atoms with Crippen molar-refractivity contribution < 1.29 is 4.74 Å². The fourth-order valence-electron chi connectivity index (χ4n) is 1.11. The van der Waals surface area contributed by atoms with E-state index < -0.39 is 0 Å². The van der Waals surface area contributed by atoms with Crippen LogP contribution in [0.4, 0.5) is 0 Å². The number of hydrogen-bond acceptors (Lipinski definition) is 2. The second kappa shape index (κ2) is 2.68. The van der Waals surface area contributed by atoms with E-state index >= 15 is 0 Å². The maximum Gasteiger partial charge on any atom is 0.139 e. The van der Waals surface area contributed by atoms with Crippen LogP contribution in [0.1, 0.15) is 0 Å². The van der Waals surface area contributed by atoms with E-state index in [0.717, 1.165) is 11.0 Å². The number of ether oxygens (including phenoxy) is 1. The maximum atomic E-state index is 5.98. The fourth-order valence-corrected chi connectivity index (χ4v) is 1.40. The summed E-state index contributed by atoms with van der Waals surface area (Å²) in [4.78, 5) is 7.02. The van der Waals surface area contributed by atoms with E-state index in [-0.39, 0.29) is 0 Å². The highest BCUT2D eigenvalue weighted by Gasteiger charge is 2.06. The highest BCUT2D eigenvalue weighted by Crippen LogP contribution is 2.30. The molecule has 1 aromatic carbocycles. The van der Waals surface area contributed by atoms with Gasteiger partial charge in [-0.15, -0.1) is 0 Å². The molecule has 0 atom stereocenters. The van der Waals surface area contributed by atoms with E-state index in [9.17, 15) is 0 Å². The zero-order chi connectivity index (χ0) is 8.55. The van der Waals surface area contributed by atoms with E-state index in [4.69, 9.17) is 16.3 Å². The molecule has 4 heteroatoms. The minimum Gasteiger partial charge on any atom is -0.495 e. The molecule has 1 N–H and O–H groups in total. The zero-order valence-corrected chi connectivity index (χ0v) is 7.22. The molecule has 0 amide bonds. The lowest BCUT2D eigenvalue weighted by molar-refractivity contribution is 0.415. The first-order chi connectivity index (χ1) is 5.83. The number of fused-ring (bicyclic) bond motifs is 1. The van der Waals surface area contributed by atoms with Crippen LogP contribution in [0.2, 0.25) is 5.02 Å². The standard InChI is InChI=1S/C8H7ClN2O/c1-12-6-3-2-5-8(7(6)9)11-4-10-5/h2-4H,1H3,(H,10,11). The summed E-state index contributed by atoms with van der Waals surface area (Å²) in [5, 5.41) is 0.552. The summed E-state index contributed by atoms with van der Waals surface area (Å²) in [5.74, 6) is 0.649. The van der Waals surface area contributed by atoms with Crippen molar-refractivity contribution in [1.29, 1.82) is 0 Å². The number of aromatic nitrogens is 2. The molecule has 0 aliphatic rings. The molecule has 0 fully saturated rings. The third-order valence-corrected chi connectivity index (χ3v) is 2.08. The van der Waals surface area contributed by atoms with Crippen LogP contribution in [-0.4, -0.2) is 17.1 Å². The fraction of sp³-hybridized carbons (Fsp3) is 0.125. The SMILES string of the molecule is COc1ccc2[nH]cnc2c1Cl. The highest BCUT2D eigenvalue weighted by atomic mass is 35.5. The Bertz CT molecular complexity index is 410. The van der Waals surface area contributed by atoms with Gasteiger partial charge in [-0.05, 0) is 12.1 Å². The Hall–Kier alpha value is -1.22. The summed E-state index contributed by atoms with van der Waals surface area (Å²) >= 11 is 5.98. The monoisotopic (exact) mass is 182 g/mol. The summed E-state index contributed by atoms with van der Waals surface area (Å²) in [6.45, 7) is 0. The van der Waals surface area contributed by atoms with E-state index in [1.165, 1.54) is 0 Å². The van der Waals surface area contributed by atoms with Crippen molar-refractivity contribution in [3.8, 4) is 5.75 Å². The summed E-state index contributed by atoms with van der Waals surface area (Å²) in [6, 6.07) is 3.69. The molecule has 3 nitrogen and oxygen atoms in total. The molecule has 0 spiro atoms. The average Bonchev–Trinajstić information content (AvgIpc) is 2.53. The second-order valence-corrected chi connectivity index (χ2v) is 2.76. The van der Waals surface area contributed by atoms with Gasteiger partial charge in [-0.1, -0.05) is 11.6 Å². The van der Waals surface area contributed by atoms with Gasteiger partial charge >= 0.3 is 0 Å². The number of benzene rings is 1. The first-order valence-corrected chi connectivity index (χ1v) is 3.86. The van der Waals surface area contributed by atoms with Gasteiger partial charge in [-0.25, -0.2) is 4.98 Å². The van der Waals surface area contributed by atoms with E-state index in [1.54, 1.807) is 13.4 Å². The molecule has 2 aromatic rings. The number of halogens is 1. The predicted molar refractivity (Wildman–Crippen MR) is 47.7 cm³/mol. The van der Waals surface area contributed by atoms with E-state index in [2.05, 4.69) is 9.97 Å². The molecule has 12 heavy (non-hydrogen) atoms. The molecule has 0 bridgehead atoms. The van der Waals surface area contributed by atoms with Crippen LogP contribution in [0.5, 0.6) is 5.75 Å². The van der Waals surface area contributed by atoms with Gasteiger partial charge < -0.3 is 9.72 Å². The van der Waals surface area contributed by atoms with E-state index in [1.807, 2.05) is 12.1 Å². The summed E-state index contributed by atoms with van der Waals surface area (Å²) in [6.07, 6.45) is 1.61. The van der Waals surface area contributed by atoms with Crippen LogP contribution in [0, 0.1) is 0 Å². The lowest BCUT2D eigenvalue weighted by Crippen LogP contribution is -1.84. The summed E-state index contributed by atoms with van der Waals surface area (Å²) < 4.78 is 5.04. The van der Waals surface area contributed by atoms with Gasteiger partial charge in [0, 0.05) is 0 Å². The molecular weight excluding hydrogens is 176 g/mol. The van der Waals surface area contributed by atoms with Crippen LogP contribution in [-0.2, 0) is 0 Å². The number of rotatable bonds is 1. The molecular formula is C8H7ClN2O. The number of hydrogen-bond donors (Lipinski definition) is 1. The first-order valence-electron chi connectivity index (χ1n) is 3.48. The Morgan fingerprint density at radius 1 is 1.50 bits per heavy atom. The molecule has 0 aliphatic carbocycles. The summed E-state index contributed by atoms with van der Waals surface area (Å²) in [5.41, 5.74) is 1.66. The Labute approximate surface area is 74.3 Å². The normalized spacial score (nSPS) is 10.5. The Kier molecular flexibility index (Phi) is 1.66. The van der Waals surface area contributed by atoms with Crippen LogP contribution >= 0.6 is 11.6 Å². The van der Waals surface area contributed by atoms with Gasteiger partial charge in [-0.3, -0.25) is 0 Å². The van der Waals surface area contributed by atoms with Crippen LogP contribution in [0.3, 0.4) is 0 Å². The van der Waals surface area contributed by atoms with Gasteiger partial charge in [0.1, 0.15) is 16.3 Å². The molecule has 0 radical (unpaired) electrons. The molecule has 62 valence electrons. The van der Waals surface area contributed by atoms with Gasteiger partial charge in [-0.2, -0.15) is 0 Å². The quantitative estimate of drug-likeness (QED) is 0.735. The number of aromatic amines is 1. The van der Waals surface area contributed by atoms with Crippen LogP contribution in [0.15, 0.2) is 18.5 Å². The Balaban J connectivity index is 2.78. The smallest absolute Gasteiger partial charge is 0.139 e. The number of imidazole rings is 1. The molecule has 2 rings (SSSR count). The average molecular weight is 183 g/mol. The molecule has 0 unspecified atom stereocenters. The molecule has 0 aliphatic heterocycles. The van der Waals surface area contributed by atoms with Crippen molar-refractivity contribution in [1.82, 2.24) is 9.97 Å². The number of nitrogens with one attached hydrogen (secondary N) is 1. The minimum atomic E-state index is 0.552. The van der Waals surface area contributed by atoms with Gasteiger partial charge in [0.05, 0.1) is 19.0 Å². The van der Waals surface area contributed by atoms with Crippen LogP contribution in [0.25, 0.3) is 11.0 Å². The van der Waals surface area contributed by atoms with Crippen molar-refractivity contribution in [2.45, 2.75) is 0 Å². The first kappa shape index (κ1) is 7.43. The van der Waals surface area contributed by atoms with Crippen molar-refractivity contribution in [2.75, 3.05) is 7.11 Å². The third kappa shape index (κ3) is 0.940. The lowest BCUT2D eigenvalue weighted by atomic mass is 10.3. The molecule has 1 aromatic heterocycles.